The van der Waals surface area contributed by atoms with E-state index in [2.05, 4.69) is 25.3 Å². The Balaban J connectivity index is 1.66. The van der Waals surface area contributed by atoms with Crippen molar-refractivity contribution in [3.63, 3.8) is 0 Å². The van der Waals surface area contributed by atoms with Crippen molar-refractivity contribution in [3.05, 3.63) is 47.8 Å². The number of alkyl halides is 1. The highest BCUT2D eigenvalue weighted by Crippen LogP contribution is 2.41. The van der Waals surface area contributed by atoms with Crippen LogP contribution in [0.25, 0.3) is 33.5 Å². The van der Waals surface area contributed by atoms with Gasteiger partial charge in [0.05, 0.1) is 35.4 Å². The SMILES string of the molecule is [2H]C([2H])([2H])OC[C@@]1(F)CCc2c(-c3cc(C)nc4[nH]ncc34)c(-c3ccc(F)cn3)nn2C1. The van der Waals surface area contributed by atoms with E-state index in [1.807, 2.05) is 13.0 Å². The summed E-state index contributed by atoms with van der Waals surface area (Å²) in [6.45, 7) is 1.11. The Kier molecular flexibility index (Phi) is 3.61. The van der Waals surface area contributed by atoms with E-state index in [0.29, 0.717) is 23.5 Å². The summed E-state index contributed by atoms with van der Waals surface area (Å²) in [6.07, 6.45) is 3.13. The summed E-state index contributed by atoms with van der Waals surface area (Å²) in [4.78, 5) is 8.65. The molecule has 30 heavy (non-hydrogen) atoms. The number of aromatic nitrogens is 6. The van der Waals surface area contributed by atoms with Gasteiger partial charge in [-0.3, -0.25) is 14.8 Å². The van der Waals surface area contributed by atoms with Crippen LogP contribution < -0.4 is 0 Å². The second kappa shape index (κ2) is 6.94. The standard InChI is InChI=1S/C21H20F2N6O/c1-12-7-14(15-9-25-27-20(15)26-12)18-17-5-6-21(23,11-30-2)10-29(17)28-19(18)16-4-3-13(22)8-24-16/h3-4,7-9H,5-6,10-11H2,1-2H3,(H,25,26,27)/t21-/m1/s1/i2D3. The van der Waals surface area contributed by atoms with E-state index in [-0.39, 0.29) is 13.0 Å². The van der Waals surface area contributed by atoms with E-state index < -0.39 is 25.1 Å². The number of pyridine rings is 2. The molecule has 0 spiro atoms. The fourth-order valence-electron chi connectivity index (χ4n) is 4.06. The molecule has 0 amide bonds. The molecule has 154 valence electrons. The van der Waals surface area contributed by atoms with Crippen molar-refractivity contribution in [2.24, 2.45) is 0 Å². The lowest BCUT2D eigenvalue weighted by Crippen LogP contribution is -2.39. The molecule has 4 aromatic rings. The first-order valence-corrected chi connectivity index (χ1v) is 9.47. The second-order valence-corrected chi connectivity index (χ2v) is 7.57. The molecule has 0 unspecified atom stereocenters. The number of nitrogens with one attached hydrogen (secondary N) is 1. The van der Waals surface area contributed by atoms with E-state index in [1.54, 1.807) is 6.20 Å². The first-order valence-electron chi connectivity index (χ1n) is 11.0. The number of fused-ring (bicyclic) bond motifs is 2. The molecule has 0 saturated carbocycles. The van der Waals surface area contributed by atoms with E-state index in [9.17, 15) is 4.39 Å². The van der Waals surface area contributed by atoms with Gasteiger partial charge >= 0.3 is 0 Å². The fourth-order valence-corrected chi connectivity index (χ4v) is 4.06. The van der Waals surface area contributed by atoms with Gasteiger partial charge in [0.1, 0.15) is 11.5 Å². The molecule has 0 bridgehead atoms. The third-order valence-corrected chi connectivity index (χ3v) is 5.42. The highest BCUT2D eigenvalue weighted by molar-refractivity contribution is 5.97. The third kappa shape index (κ3) is 3.06. The van der Waals surface area contributed by atoms with Crippen LogP contribution >= 0.6 is 0 Å². The first-order chi connectivity index (χ1) is 15.6. The molecule has 1 atom stereocenters. The van der Waals surface area contributed by atoms with Crippen LogP contribution in [-0.2, 0) is 17.7 Å². The van der Waals surface area contributed by atoms with E-state index in [0.717, 1.165) is 34.1 Å². The van der Waals surface area contributed by atoms with Crippen molar-refractivity contribution in [1.82, 2.24) is 29.9 Å². The van der Waals surface area contributed by atoms with Crippen LogP contribution in [0.5, 0.6) is 0 Å². The van der Waals surface area contributed by atoms with Crippen LogP contribution in [0, 0.1) is 12.7 Å². The maximum Gasteiger partial charge on any atom is 0.155 e. The zero-order valence-electron chi connectivity index (χ0n) is 19.1. The smallest absolute Gasteiger partial charge is 0.155 e. The number of methoxy groups -OCH3 is 1. The quantitative estimate of drug-likeness (QED) is 0.553. The van der Waals surface area contributed by atoms with Crippen molar-refractivity contribution >= 4 is 11.0 Å². The molecular weight excluding hydrogens is 390 g/mol. The predicted octanol–water partition coefficient (Wildman–Crippen LogP) is 3.63. The topological polar surface area (TPSA) is 81.5 Å². The Morgan fingerprint density at radius 1 is 1.37 bits per heavy atom. The van der Waals surface area contributed by atoms with E-state index in [4.69, 9.17) is 8.85 Å². The molecule has 0 aliphatic carbocycles. The zero-order chi connectivity index (χ0) is 23.4. The molecule has 5 heterocycles. The number of halogens is 2. The number of aryl methyl sites for hydroxylation is 1. The molecule has 5 rings (SSSR count). The van der Waals surface area contributed by atoms with Gasteiger partial charge in [-0.2, -0.15) is 10.2 Å². The van der Waals surface area contributed by atoms with Crippen molar-refractivity contribution in [2.75, 3.05) is 13.6 Å². The summed E-state index contributed by atoms with van der Waals surface area (Å²) in [5.41, 5.74) is 2.68. The second-order valence-electron chi connectivity index (χ2n) is 7.57. The number of aromatic amines is 1. The number of hydrogen-bond donors (Lipinski definition) is 1. The van der Waals surface area contributed by atoms with Crippen LogP contribution in [0.3, 0.4) is 0 Å². The number of H-pyrrole nitrogens is 1. The molecule has 1 aliphatic rings. The fraction of sp³-hybridized carbons (Fsp3) is 0.333. The van der Waals surface area contributed by atoms with Gasteiger partial charge in [0.2, 0.25) is 0 Å². The van der Waals surface area contributed by atoms with Crippen LogP contribution in [0.2, 0.25) is 0 Å². The van der Waals surface area contributed by atoms with Gasteiger partial charge < -0.3 is 4.74 Å². The van der Waals surface area contributed by atoms with Gasteiger partial charge in [-0.1, -0.05) is 0 Å². The highest BCUT2D eigenvalue weighted by atomic mass is 19.1. The summed E-state index contributed by atoms with van der Waals surface area (Å²) in [6, 6.07) is 4.71. The predicted molar refractivity (Wildman–Crippen MR) is 107 cm³/mol. The van der Waals surface area contributed by atoms with Crippen molar-refractivity contribution in [1.29, 1.82) is 0 Å². The zero-order valence-corrected chi connectivity index (χ0v) is 16.1. The van der Waals surface area contributed by atoms with Crippen LogP contribution in [0.4, 0.5) is 8.78 Å². The molecule has 0 aromatic carbocycles. The maximum absolute atomic E-state index is 15.5. The number of rotatable bonds is 4. The molecule has 9 heteroatoms. The Hall–Kier alpha value is -3.20. The summed E-state index contributed by atoms with van der Waals surface area (Å²) in [5.74, 6) is -0.481. The van der Waals surface area contributed by atoms with Gasteiger partial charge in [-0.25, -0.2) is 13.8 Å². The lowest BCUT2D eigenvalue weighted by Gasteiger charge is -2.30. The summed E-state index contributed by atoms with van der Waals surface area (Å²) < 4.78 is 57.0. The van der Waals surface area contributed by atoms with E-state index >= 15 is 4.39 Å². The summed E-state index contributed by atoms with van der Waals surface area (Å²) in [7, 11) is -2.68. The van der Waals surface area contributed by atoms with Gasteiger partial charge in [0, 0.05) is 34.9 Å². The number of nitrogens with zero attached hydrogens (tertiary/aromatic N) is 5. The molecule has 1 N–H and O–H groups in total. The Labute approximate surface area is 175 Å². The molecule has 4 aromatic heterocycles. The minimum Gasteiger partial charge on any atom is -0.381 e. The Morgan fingerprint density at radius 3 is 3.07 bits per heavy atom. The van der Waals surface area contributed by atoms with Crippen molar-refractivity contribution in [2.45, 2.75) is 32.0 Å². The highest BCUT2D eigenvalue weighted by Gasteiger charge is 2.38. The van der Waals surface area contributed by atoms with Crippen molar-refractivity contribution < 1.29 is 17.6 Å². The average molecular weight is 413 g/mol. The lowest BCUT2D eigenvalue weighted by molar-refractivity contribution is 0.0100. The van der Waals surface area contributed by atoms with Crippen LogP contribution in [0.1, 0.15) is 21.9 Å². The molecule has 0 radical (unpaired) electrons. The van der Waals surface area contributed by atoms with Crippen LogP contribution in [0.15, 0.2) is 30.6 Å². The largest absolute Gasteiger partial charge is 0.381 e. The monoisotopic (exact) mass is 413 g/mol. The van der Waals surface area contributed by atoms with Crippen LogP contribution in [-0.4, -0.2) is 49.3 Å². The minimum atomic E-state index is -2.68. The van der Waals surface area contributed by atoms with Crippen molar-refractivity contribution in [3.8, 4) is 22.5 Å². The first kappa shape index (κ1) is 15.6. The molecule has 0 saturated heterocycles. The lowest BCUT2D eigenvalue weighted by atomic mass is 9.91. The summed E-state index contributed by atoms with van der Waals surface area (Å²) >= 11 is 0. The minimum absolute atomic E-state index is 0.0661. The Bertz CT molecular complexity index is 1330. The molecule has 7 nitrogen and oxygen atoms in total. The molecule has 0 fully saturated rings. The van der Waals surface area contributed by atoms with E-state index in [1.165, 1.54) is 16.8 Å². The van der Waals surface area contributed by atoms with Gasteiger partial charge in [-0.15, -0.1) is 0 Å². The maximum atomic E-state index is 15.5. The Morgan fingerprint density at radius 2 is 2.27 bits per heavy atom. The molecular formula is C21H20F2N6O. The normalized spacial score (nSPS) is 20.6. The van der Waals surface area contributed by atoms with Gasteiger partial charge in [-0.05, 0) is 38.0 Å². The summed E-state index contributed by atoms with van der Waals surface area (Å²) in [5, 5.41) is 12.4. The number of ether oxygens (including phenoxy) is 1. The third-order valence-electron chi connectivity index (χ3n) is 5.42. The molecule has 1 aliphatic heterocycles. The van der Waals surface area contributed by atoms with Gasteiger partial charge in [0.15, 0.2) is 11.3 Å². The number of hydrogen-bond acceptors (Lipinski definition) is 5. The van der Waals surface area contributed by atoms with Gasteiger partial charge in [0.25, 0.3) is 0 Å². The average Bonchev–Trinajstić information content (AvgIpc) is 3.36.